The summed E-state index contributed by atoms with van der Waals surface area (Å²) in [7, 11) is 0. The van der Waals surface area contributed by atoms with Gasteiger partial charge in [-0.25, -0.2) is 0 Å². The number of hydrogen-bond acceptors (Lipinski definition) is 3. The van der Waals surface area contributed by atoms with Crippen LogP contribution in [0.3, 0.4) is 0 Å². The molecule has 4 atom stereocenters. The number of carbonyl (C=O) groups is 1. The summed E-state index contributed by atoms with van der Waals surface area (Å²) in [5.74, 6) is -1.63. The third kappa shape index (κ3) is 2.75. The smallest absolute Gasteiger partial charge is 0.307 e. The Morgan fingerprint density at radius 2 is 2.23 bits per heavy atom. The van der Waals surface area contributed by atoms with Gasteiger partial charge in [-0.1, -0.05) is 32.4 Å². The van der Waals surface area contributed by atoms with Crippen molar-refractivity contribution in [3.63, 3.8) is 0 Å². The molecule has 22 heavy (non-hydrogen) atoms. The number of hydrogen-bond donors (Lipinski definition) is 1. The molecule has 0 aromatic carbocycles. The van der Waals surface area contributed by atoms with E-state index >= 15 is 0 Å². The number of alkyl halides is 1. The average Bonchev–Trinajstić information content (AvgIpc) is 2.64. The minimum atomic E-state index is -0.972. The average molecular weight is 313 g/mol. The van der Waals surface area contributed by atoms with Crippen LogP contribution in [0.4, 0.5) is 4.39 Å². The molecule has 0 radical (unpaired) electrons. The van der Waals surface area contributed by atoms with Crippen LogP contribution in [0.5, 0.6) is 0 Å². The molecular formula is C16H24FNO4. The number of aliphatic carboxylic acids is 1. The Balaban J connectivity index is 2.39. The number of nitro groups is 1. The van der Waals surface area contributed by atoms with E-state index < -0.39 is 29.4 Å². The lowest BCUT2D eigenvalue weighted by molar-refractivity contribution is -0.510. The summed E-state index contributed by atoms with van der Waals surface area (Å²) < 4.78 is 12.6. The zero-order valence-corrected chi connectivity index (χ0v) is 13.3. The van der Waals surface area contributed by atoms with Crippen molar-refractivity contribution in [2.75, 3.05) is 13.2 Å². The summed E-state index contributed by atoms with van der Waals surface area (Å²) in [5, 5.41) is 20.9. The molecule has 5 nitrogen and oxygen atoms in total. The second-order valence-corrected chi connectivity index (χ2v) is 7.82. The molecule has 0 aromatic heterocycles. The number of nitrogens with zero attached hydrogens (tertiary/aromatic N) is 1. The first kappa shape index (κ1) is 16.9. The lowest BCUT2D eigenvalue weighted by atomic mass is 9.46. The zero-order valence-electron chi connectivity index (χ0n) is 13.3. The topological polar surface area (TPSA) is 80.4 Å². The molecule has 0 bridgehead atoms. The third-order valence-corrected chi connectivity index (χ3v) is 5.28. The molecular weight excluding hydrogens is 289 g/mol. The zero-order chi connectivity index (χ0) is 16.7. The van der Waals surface area contributed by atoms with Crippen molar-refractivity contribution in [2.45, 2.75) is 40.0 Å². The Morgan fingerprint density at radius 3 is 2.68 bits per heavy atom. The number of halogens is 1. The number of carboxylic acid groups (broad SMARTS) is 1. The minimum absolute atomic E-state index is 0.111. The molecule has 1 fully saturated rings. The van der Waals surface area contributed by atoms with Gasteiger partial charge in [0.1, 0.15) is 0 Å². The van der Waals surface area contributed by atoms with Gasteiger partial charge in [-0.3, -0.25) is 19.3 Å². The first-order valence-electron chi connectivity index (χ1n) is 7.72. The van der Waals surface area contributed by atoms with Crippen molar-refractivity contribution in [3.05, 3.63) is 21.8 Å². The Kier molecular flexibility index (Phi) is 4.33. The Morgan fingerprint density at radius 1 is 1.59 bits per heavy atom. The molecule has 2 aliphatic carbocycles. The Labute approximate surface area is 129 Å². The summed E-state index contributed by atoms with van der Waals surface area (Å²) in [5.41, 5.74) is -0.430. The van der Waals surface area contributed by atoms with Crippen LogP contribution >= 0.6 is 0 Å². The van der Waals surface area contributed by atoms with Gasteiger partial charge in [0.25, 0.3) is 0 Å². The van der Waals surface area contributed by atoms with Gasteiger partial charge in [0.05, 0.1) is 18.0 Å². The Bertz CT molecular complexity index is 511. The molecule has 1 unspecified atom stereocenters. The van der Waals surface area contributed by atoms with E-state index in [4.69, 9.17) is 0 Å². The third-order valence-electron chi connectivity index (χ3n) is 5.28. The maximum atomic E-state index is 12.6. The summed E-state index contributed by atoms with van der Waals surface area (Å²) in [6.45, 7) is 4.70. The first-order chi connectivity index (χ1) is 10.1. The minimum Gasteiger partial charge on any atom is -0.481 e. The van der Waals surface area contributed by atoms with Gasteiger partial charge in [-0.15, -0.1) is 0 Å². The van der Waals surface area contributed by atoms with Crippen molar-refractivity contribution in [3.8, 4) is 0 Å². The molecule has 6 heteroatoms. The van der Waals surface area contributed by atoms with E-state index in [2.05, 4.69) is 0 Å². The van der Waals surface area contributed by atoms with Crippen molar-refractivity contribution in [2.24, 2.45) is 28.6 Å². The van der Waals surface area contributed by atoms with Gasteiger partial charge in [0, 0.05) is 4.92 Å². The Hall–Kier alpha value is -1.46. The van der Waals surface area contributed by atoms with Crippen molar-refractivity contribution < 1.29 is 19.2 Å². The monoisotopic (exact) mass is 313 g/mol. The van der Waals surface area contributed by atoms with Crippen LogP contribution in [-0.4, -0.2) is 29.2 Å². The van der Waals surface area contributed by atoms with E-state index in [-0.39, 0.29) is 23.3 Å². The molecule has 124 valence electrons. The summed E-state index contributed by atoms with van der Waals surface area (Å²) in [6.07, 6.45) is 3.58. The van der Waals surface area contributed by atoms with Crippen LogP contribution in [-0.2, 0) is 4.79 Å². The van der Waals surface area contributed by atoms with Crippen LogP contribution in [0.25, 0.3) is 0 Å². The summed E-state index contributed by atoms with van der Waals surface area (Å²) in [6, 6.07) is 0. The highest BCUT2D eigenvalue weighted by Crippen LogP contribution is 2.64. The fourth-order valence-electron chi connectivity index (χ4n) is 4.82. The number of carboxylic acids is 1. The summed E-state index contributed by atoms with van der Waals surface area (Å²) >= 11 is 0. The van der Waals surface area contributed by atoms with Crippen molar-refractivity contribution in [1.82, 2.24) is 0 Å². The van der Waals surface area contributed by atoms with Gasteiger partial charge in [-0.05, 0) is 36.5 Å². The van der Waals surface area contributed by atoms with Crippen LogP contribution in [0.15, 0.2) is 11.6 Å². The fourth-order valence-corrected chi connectivity index (χ4v) is 4.82. The lowest BCUT2D eigenvalue weighted by Gasteiger charge is -2.55. The second kappa shape index (κ2) is 5.63. The molecule has 0 aromatic rings. The van der Waals surface area contributed by atoms with Gasteiger partial charge >= 0.3 is 5.97 Å². The molecule has 0 saturated heterocycles. The van der Waals surface area contributed by atoms with Gasteiger partial charge in [0.2, 0.25) is 6.54 Å². The number of allylic oxidation sites excluding steroid dienone is 2. The number of rotatable bonds is 6. The SMILES string of the molecule is CC(C)(C)C(C(=O)O)[C@@]1(C[N+](=O)[O-])C[C@@H]2CC(CCF)=C[C@H]21. The summed E-state index contributed by atoms with van der Waals surface area (Å²) in [4.78, 5) is 22.7. The number of fused-ring (bicyclic) bond motifs is 1. The molecule has 0 heterocycles. The van der Waals surface area contributed by atoms with Gasteiger partial charge in [-0.2, -0.15) is 0 Å². The second-order valence-electron chi connectivity index (χ2n) is 7.82. The highest BCUT2D eigenvalue weighted by Gasteiger charge is 2.65. The predicted molar refractivity (Wildman–Crippen MR) is 79.8 cm³/mol. The van der Waals surface area contributed by atoms with Crippen LogP contribution < -0.4 is 0 Å². The molecule has 1 saturated carbocycles. The molecule has 0 amide bonds. The van der Waals surface area contributed by atoms with Crippen LogP contribution in [0, 0.1) is 38.7 Å². The van der Waals surface area contributed by atoms with E-state index in [1.807, 2.05) is 26.8 Å². The first-order valence-corrected chi connectivity index (χ1v) is 7.72. The maximum absolute atomic E-state index is 12.6. The molecule has 2 rings (SSSR count). The quantitative estimate of drug-likeness (QED) is 0.463. The van der Waals surface area contributed by atoms with E-state index in [1.165, 1.54) is 0 Å². The van der Waals surface area contributed by atoms with Gasteiger partial charge < -0.3 is 5.11 Å². The lowest BCUT2D eigenvalue weighted by Crippen LogP contribution is -2.59. The maximum Gasteiger partial charge on any atom is 0.307 e. The molecule has 1 N–H and O–H groups in total. The molecule has 0 aliphatic heterocycles. The normalized spacial score (nSPS) is 31.9. The van der Waals surface area contributed by atoms with Crippen molar-refractivity contribution in [1.29, 1.82) is 0 Å². The van der Waals surface area contributed by atoms with E-state index in [9.17, 15) is 24.4 Å². The van der Waals surface area contributed by atoms with E-state index in [0.717, 1.165) is 12.0 Å². The van der Waals surface area contributed by atoms with Crippen LogP contribution in [0.1, 0.15) is 40.0 Å². The highest BCUT2D eigenvalue weighted by atomic mass is 19.1. The standard InChI is InChI=1S/C16H24FNO4/c1-15(2,3)13(14(19)20)16(9-18(21)22)8-11-6-10(4-5-17)7-12(11)16/h7,11-13H,4-6,8-9H2,1-3H3,(H,19,20)/t11-,12+,13?,16+/m0/s1. The largest absolute Gasteiger partial charge is 0.481 e. The van der Waals surface area contributed by atoms with Gasteiger partial charge in [0.15, 0.2) is 0 Å². The highest BCUT2D eigenvalue weighted by molar-refractivity contribution is 5.72. The van der Waals surface area contributed by atoms with E-state index in [1.54, 1.807) is 0 Å². The van der Waals surface area contributed by atoms with Crippen molar-refractivity contribution >= 4 is 5.97 Å². The molecule has 0 spiro atoms. The predicted octanol–water partition coefficient (Wildman–Crippen LogP) is 3.32. The van der Waals surface area contributed by atoms with E-state index in [0.29, 0.717) is 12.8 Å². The fraction of sp³-hybridized carbons (Fsp3) is 0.812. The van der Waals surface area contributed by atoms with Crippen LogP contribution in [0.2, 0.25) is 0 Å². The molecule has 2 aliphatic rings.